The van der Waals surface area contributed by atoms with Gasteiger partial charge in [0.05, 0.1) is 24.7 Å². The Balaban J connectivity index is 1.54. The van der Waals surface area contributed by atoms with Crippen LogP contribution in [0.1, 0.15) is 51.1 Å². The fourth-order valence-corrected chi connectivity index (χ4v) is 5.19. The van der Waals surface area contributed by atoms with Crippen LogP contribution < -0.4 is 10.1 Å². The number of benzene rings is 2. The van der Waals surface area contributed by atoms with E-state index < -0.39 is 12.8 Å². The van der Waals surface area contributed by atoms with Gasteiger partial charge >= 0.3 is 0 Å². The first-order valence-corrected chi connectivity index (χ1v) is 11.0. The first-order valence-electron chi connectivity index (χ1n) is 11.0. The minimum absolute atomic E-state index is 0.0169. The first-order chi connectivity index (χ1) is 15.1. The van der Waals surface area contributed by atoms with Gasteiger partial charge in [0.2, 0.25) is 0 Å². The van der Waals surface area contributed by atoms with E-state index in [2.05, 4.69) is 5.32 Å². The van der Waals surface area contributed by atoms with Crippen molar-refractivity contribution in [2.75, 3.05) is 26.4 Å². The van der Waals surface area contributed by atoms with Gasteiger partial charge in [0.25, 0.3) is 5.91 Å². The van der Waals surface area contributed by atoms with E-state index in [9.17, 15) is 14.0 Å². The van der Waals surface area contributed by atoms with Crippen LogP contribution in [0.25, 0.3) is 0 Å². The van der Waals surface area contributed by atoms with Crippen molar-refractivity contribution < 1.29 is 23.5 Å². The van der Waals surface area contributed by atoms with Crippen LogP contribution in [0, 0.1) is 17.8 Å². The molecule has 3 aliphatic rings. The van der Waals surface area contributed by atoms with E-state index in [-0.39, 0.29) is 17.6 Å². The number of fused-ring (bicyclic) bond motifs is 2. The average Bonchev–Trinajstić information content (AvgIpc) is 3.13. The highest BCUT2D eigenvalue weighted by molar-refractivity contribution is 6.03. The van der Waals surface area contributed by atoms with Crippen LogP contribution in [0.5, 0.6) is 5.75 Å². The zero-order valence-corrected chi connectivity index (χ0v) is 17.5. The maximum Gasteiger partial charge on any atom is 0.255 e. The molecule has 1 N–H and O–H groups in total. The number of carbonyl (C=O) groups is 2. The molecule has 0 bridgehead atoms. The van der Waals surface area contributed by atoms with Crippen LogP contribution in [0.3, 0.4) is 0 Å². The van der Waals surface area contributed by atoms with Gasteiger partial charge in [0.1, 0.15) is 18.5 Å². The summed E-state index contributed by atoms with van der Waals surface area (Å²) in [6, 6.07) is 13.0. The summed E-state index contributed by atoms with van der Waals surface area (Å²) >= 11 is 0. The second-order valence-corrected chi connectivity index (χ2v) is 8.66. The summed E-state index contributed by atoms with van der Waals surface area (Å²) in [5.41, 5.74) is 2.42. The number of rotatable bonds is 7. The molecular weight excluding hydrogens is 397 g/mol. The normalized spacial score (nSPS) is 27.9. The summed E-state index contributed by atoms with van der Waals surface area (Å²) in [7, 11) is 0. The van der Waals surface area contributed by atoms with Gasteiger partial charge in [-0.25, -0.2) is 4.39 Å². The lowest BCUT2D eigenvalue weighted by atomic mass is 9.86. The molecule has 0 spiro atoms. The Bertz CT molecular complexity index is 998. The predicted molar refractivity (Wildman–Crippen MR) is 113 cm³/mol. The van der Waals surface area contributed by atoms with Gasteiger partial charge in [-0.2, -0.15) is 0 Å². The molecule has 2 aromatic rings. The van der Waals surface area contributed by atoms with Crippen molar-refractivity contribution >= 4 is 11.7 Å². The molecule has 0 radical (unpaired) electrons. The molecule has 2 aromatic carbocycles. The molecule has 5 atom stereocenters. The third kappa shape index (κ3) is 3.53. The molecule has 5 rings (SSSR count). The smallest absolute Gasteiger partial charge is 0.255 e. The van der Waals surface area contributed by atoms with Crippen LogP contribution in [0.15, 0.2) is 42.5 Å². The summed E-state index contributed by atoms with van der Waals surface area (Å²) in [4.78, 5) is 26.0. The Labute approximate surface area is 180 Å². The van der Waals surface area contributed by atoms with E-state index in [1.165, 1.54) is 0 Å². The molecule has 2 fully saturated rings. The van der Waals surface area contributed by atoms with Crippen molar-refractivity contribution in [2.45, 2.75) is 25.4 Å². The molecule has 0 aromatic heterocycles. The Hall–Kier alpha value is -2.73. The molecule has 6 heteroatoms. The summed E-state index contributed by atoms with van der Waals surface area (Å²) < 4.78 is 25.3. The molecule has 1 amide bonds. The zero-order valence-electron chi connectivity index (χ0n) is 17.5. The van der Waals surface area contributed by atoms with Gasteiger partial charge in [0.15, 0.2) is 5.78 Å². The fourth-order valence-electron chi connectivity index (χ4n) is 5.19. The number of halogens is 1. The maximum absolute atomic E-state index is 13.9. The molecule has 5 nitrogen and oxygen atoms in total. The molecule has 1 saturated carbocycles. The number of Topliss-reactive ketones (excluding diaryl/α,β-unsaturated/α-hetero) is 1. The highest BCUT2D eigenvalue weighted by Crippen LogP contribution is 2.53. The lowest BCUT2D eigenvalue weighted by Crippen LogP contribution is -2.24. The Kier molecular flexibility index (Phi) is 5.26. The van der Waals surface area contributed by atoms with Crippen molar-refractivity contribution in [3.05, 3.63) is 64.7 Å². The van der Waals surface area contributed by atoms with E-state index in [4.69, 9.17) is 9.47 Å². The SMILES string of the molecule is CCNC(=O)c1cc(C(=O)CC2[C@H]3COC[C@@H]23)cc2c1O[C@H](CF)[C@H]2c1ccccc1. The molecule has 1 saturated heterocycles. The number of carbonyl (C=O) groups excluding carboxylic acids is 2. The maximum atomic E-state index is 13.9. The van der Waals surface area contributed by atoms with Crippen LogP contribution in [0.4, 0.5) is 4.39 Å². The lowest BCUT2D eigenvalue weighted by molar-refractivity contribution is 0.0948. The largest absolute Gasteiger partial charge is 0.486 e. The van der Waals surface area contributed by atoms with Crippen molar-refractivity contribution in [3.63, 3.8) is 0 Å². The Morgan fingerprint density at radius 2 is 1.87 bits per heavy atom. The van der Waals surface area contributed by atoms with Gasteiger partial charge in [0, 0.05) is 24.1 Å². The molecule has 1 aliphatic carbocycles. The van der Waals surface area contributed by atoms with Gasteiger partial charge in [-0.15, -0.1) is 0 Å². The number of hydrogen-bond acceptors (Lipinski definition) is 4. The molecule has 162 valence electrons. The van der Waals surface area contributed by atoms with Gasteiger partial charge in [-0.05, 0) is 42.4 Å². The minimum atomic E-state index is -0.726. The number of ether oxygens (including phenoxy) is 2. The Morgan fingerprint density at radius 3 is 2.55 bits per heavy atom. The zero-order chi connectivity index (χ0) is 21.5. The third-order valence-electron chi connectivity index (χ3n) is 6.86. The third-order valence-corrected chi connectivity index (χ3v) is 6.86. The van der Waals surface area contributed by atoms with Gasteiger partial charge in [-0.1, -0.05) is 30.3 Å². The summed E-state index contributed by atoms with van der Waals surface area (Å²) in [6.07, 6.45) is -0.272. The van der Waals surface area contributed by atoms with Crippen molar-refractivity contribution in [1.82, 2.24) is 5.32 Å². The molecule has 1 unspecified atom stereocenters. The van der Waals surface area contributed by atoms with Crippen LogP contribution >= 0.6 is 0 Å². The van der Waals surface area contributed by atoms with Crippen molar-refractivity contribution in [3.8, 4) is 5.75 Å². The minimum Gasteiger partial charge on any atom is -0.486 e. The van der Waals surface area contributed by atoms with Crippen LogP contribution in [-0.4, -0.2) is 44.2 Å². The van der Waals surface area contributed by atoms with Gasteiger partial charge in [-0.3, -0.25) is 9.59 Å². The second kappa shape index (κ2) is 8.08. The molecule has 2 heterocycles. The summed E-state index contributed by atoms with van der Waals surface area (Å²) in [6.45, 7) is 3.07. The van der Waals surface area contributed by atoms with Gasteiger partial charge < -0.3 is 14.8 Å². The topological polar surface area (TPSA) is 64.6 Å². The fraction of sp³-hybridized carbons (Fsp3) is 0.440. The monoisotopic (exact) mass is 423 g/mol. The average molecular weight is 423 g/mol. The van der Waals surface area contributed by atoms with E-state index in [0.717, 1.165) is 18.8 Å². The molecule has 2 aliphatic heterocycles. The number of alkyl halides is 1. The quantitative estimate of drug-likeness (QED) is 0.689. The summed E-state index contributed by atoms with van der Waals surface area (Å²) in [5, 5.41) is 2.79. The van der Waals surface area contributed by atoms with Crippen LogP contribution in [-0.2, 0) is 4.74 Å². The molecular formula is C25H26FNO4. The van der Waals surface area contributed by atoms with E-state index in [1.54, 1.807) is 6.07 Å². The van der Waals surface area contributed by atoms with E-state index in [0.29, 0.717) is 53.2 Å². The highest BCUT2D eigenvalue weighted by atomic mass is 19.1. The molecule has 31 heavy (non-hydrogen) atoms. The lowest BCUT2D eigenvalue weighted by Gasteiger charge is -2.16. The highest BCUT2D eigenvalue weighted by Gasteiger charge is 2.54. The number of nitrogens with one attached hydrogen (secondary N) is 1. The van der Waals surface area contributed by atoms with E-state index in [1.807, 2.05) is 43.3 Å². The Morgan fingerprint density at radius 1 is 1.13 bits per heavy atom. The van der Waals surface area contributed by atoms with Crippen LogP contribution in [0.2, 0.25) is 0 Å². The second-order valence-electron chi connectivity index (χ2n) is 8.66. The number of hydrogen-bond donors (Lipinski definition) is 1. The standard InChI is InChI=1S/C25H26FNO4/c1-2-27-25(29)18-9-15(21(28)10-16-19-12-30-13-20(16)19)8-17-23(14-6-4-3-5-7-14)22(11-26)31-24(17)18/h3-9,16,19-20,22-23H,2,10-13H2,1H3,(H,27,29)/t16?,19-,20+,22-,23+/m1/s1. The van der Waals surface area contributed by atoms with Crippen molar-refractivity contribution in [1.29, 1.82) is 0 Å². The van der Waals surface area contributed by atoms with Crippen molar-refractivity contribution in [2.24, 2.45) is 17.8 Å². The number of amides is 1. The predicted octanol–water partition coefficient (Wildman–Crippen LogP) is 3.76. The summed E-state index contributed by atoms with van der Waals surface area (Å²) in [5.74, 6) is 1.06. The first kappa shape index (κ1) is 20.2. The van der Waals surface area contributed by atoms with E-state index >= 15 is 0 Å². The number of ketones is 1.